The molecule has 2 N–H and O–H groups in total. The largest absolute Gasteiger partial charge is 0.508 e. The summed E-state index contributed by atoms with van der Waals surface area (Å²) in [4.78, 5) is 52.7. The Morgan fingerprint density at radius 1 is 0.604 bits per heavy atom. The zero-order valence-electron chi connectivity index (χ0n) is 30.7. The fourth-order valence-corrected chi connectivity index (χ4v) is 6.25. The van der Waals surface area contributed by atoms with Crippen LogP contribution in [0.3, 0.4) is 0 Å². The van der Waals surface area contributed by atoms with Gasteiger partial charge >= 0.3 is 11.4 Å². The van der Waals surface area contributed by atoms with E-state index >= 15 is 0 Å². The van der Waals surface area contributed by atoms with Gasteiger partial charge in [0.25, 0.3) is 11.1 Å². The van der Waals surface area contributed by atoms with Crippen LogP contribution in [0, 0.1) is 0 Å². The minimum absolute atomic E-state index is 0.298. The summed E-state index contributed by atoms with van der Waals surface area (Å²) in [7, 11) is 2.90. The van der Waals surface area contributed by atoms with Crippen LogP contribution >= 0.6 is 11.6 Å². The van der Waals surface area contributed by atoms with Gasteiger partial charge in [0.2, 0.25) is 0 Å². The van der Waals surface area contributed by atoms with Crippen LogP contribution in [0.2, 0.25) is 0 Å². The molecule has 0 saturated carbocycles. The van der Waals surface area contributed by atoms with Crippen LogP contribution in [0.25, 0.3) is 0 Å². The number of phenolic OH excluding ortho intramolecular Hbond substituents is 2. The lowest BCUT2D eigenvalue weighted by molar-refractivity contribution is 0.250. The van der Waals surface area contributed by atoms with Gasteiger partial charge in [-0.05, 0) is 75.8 Å². The average Bonchev–Trinajstić information content (AvgIpc) is 3.17. The Kier molecular flexibility index (Phi) is 16.2. The fraction of sp³-hybridized carbons (Fsp3) is 0.514. The maximum atomic E-state index is 11.9. The SMILES string of the molecule is Cn1c(=O)cnn(CCCCCl)c1=O.Cn1c(=O)cnn(CCCCN2CCN(c3cccc(O)c3)CC2)c1=O.Oc1cccc(N2CCCCC2)c1. The standard InChI is InChI=1S/C18H25N5O3.C11H15NO.C8H12ClN3O2/c1-20-17(25)14-19-23(18(20)26)8-3-2-7-21-9-11-22(12-10-21)15-5-4-6-16(24)13-15;13-11-6-4-5-10(9-11)12-7-2-1-3-8-12;1-11-7(13)6-10-12(8(11)14)5-3-2-4-9/h4-6,13-14,24H,2-3,7-12H2,1H3;4-6,9,13H,1-3,7-8H2;6H,2-5H2,1H3. The number of hydrogen-bond acceptors (Lipinski definition) is 11. The van der Waals surface area contributed by atoms with Crippen LogP contribution in [0.4, 0.5) is 11.4 Å². The Morgan fingerprint density at radius 2 is 1.06 bits per heavy atom. The minimum Gasteiger partial charge on any atom is -0.508 e. The van der Waals surface area contributed by atoms with Crippen molar-refractivity contribution in [2.45, 2.75) is 58.0 Å². The minimum atomic E-state index is -0.386. The molecule has 2 aromatic heterocycles. The molecule has 2 fully saturated rings. The number of unbranched alkanes of at least 4 members (excludes halogenated alkanes) is 2. The van der Waals surface area contributed by atoms with Gasteiger partial charge in [0.15, 0.2) is 0 Å². The van der Waals surface area contributed by atoms with Crippen molar-refractivity contribution in [2.24, 2.45) is 14.1 Å². The highest BCUT2D eigenvalue weighted by molar-refractivity contribution is 6.17. The van der Waals surface area contributed by atoms with Crippen molar-refractivity contribution in [3.8, 4) is 11.5 Å². The number of alkyl halides is 1. The maximum absolute atomic E-state index is 11.9. The van der Waals surface area contributed by atoms with E-state index in [0.717, 1.165) is 98.2 Å². The van der Waals surface area contributed by atoms with Crippen molar-refractivity contribution in [3.63, 3.8) is 0 Å². The topological polar surface area (TPSA) is 164 Å². The normalized spacial score (nSPS) is 14.5. The van der Waals surface area contributed by atoms with Crippen LogP contribution < -0.4 is 32.3 Å². The third-order valence-electron chi connectivity index (χ3n) is 9.26. The molecule has 288 valence electrons. The number of rotatable bonds is 11. The lowest BCUT2D eigenvalue weighted by Crippen LogP contribution is -2.46. The van der Waals surface area contributed by atoms with Gasteiger partial charge in [-0.25, -0.2) is 19.0 Å². The fourth-order valence-electron chi connectivity index (χ4n) is 6.07. The van der Waals surface area contributed by atoms with E-state index < -0.39 is 0 Å². The number of piperazine rings is 1. The molecule has 16 heteroatoms. The summed E-state index contributed by atoms with van der Waals surface area (Å²) in [6, 6.07) is 14.9. The molecule has 0 amide bonds. The quantitative estimate of drug-likeness (QED) is 0.171. The molecule has 6 rings (SSSR count). The molecule has 0 unspecified atom stereocenters. The second-order valence-electron chi connectivity index (χ2n) is 13.1. The summed E-state index contributed by atoms with van der Waals surface area (Å²) in [5.74, 6) is 1.23. The number of anilines is 2. The number of phenols is 2. The summed E-state index contributed by atoms with van der Waals surface area (Å²) < 4.78 is 4.73. The molecule has 2 aliphatic rings. The molecule has 4 heterocycles. The molecule has 2 aromatic carbocycles. The van der Waals surface area contributed by atoms with E-state index in [1.165, 1.54) is 48.9 Å². The van der Waals surface area contributed by atoms with Crippen molar-refractivity contribution >= 4 is 23.0 Å². The van der Waals surface area contributed by atoms with E-state index in [9.17, 15) is 29.4 Å². The van der Waals surface area contributed by atoms with E-state index in [4.69, 9.17) is 11.6 Å². The van der Waals surface area contributed by atoms with Gasteiger partial charge in [-0.1, -0.05) is 12.1 Å². The highest BCUT2D eigenvalue weighted by Gasteiger charge is 2.17. The number of aryl methyl sites for hydroxylation is 2. The van der Waals surface area contributed by atoms with E-state index in [-0.39, 0.29) is 22.5 Å². The first-order valence-corrected chi connectivity index (χ1v) is 18.7. The van der Waals surface area contributed by atoms with Crippen molar-refractivity contribution in [2.75, 3.05) is 61.5 Å². The number of nitrogens with zero attached hydrogens (tertiary/aromatic N) is 9. The van der Waals surface area contributed by atoms with Gasteiger partial charge in [0, 0.05) is 95.8 Å². The van der Waals surface area contributed by atoms with Gasteiger partial charge in [-0.2, -0.15) is 10.2 Å². The van der Waals surface area contributed by atoms with Crippen LogP contribution in [-0.2, 0) is 27.2 Å². The molecular formula is C37H52ClN9O6. The van der Waals surface area contributed by atoms with Crippen molar-refractivity contribution in [3.05, 3.63) is 103 Å². The molecule has 15 nitrogen and oxygen atoms in total. The van der Waals surface area contributed by atoms with Gasteiger partial charge in [-0.3, -0.25) is 23.6 Å². The first-order valence-electron chi connectivity index (χ1n) is 18.2. The summed E-state index contributed by atoms with van der Waals surface area (Å²) in [6.45, 7) is 8.09. The van der Waals surface area contributed by atoms with Crippen LogP contribution in [0.1, 0.15) is 44.9 Å². The number of benzene rings is 2. The summed E-state index contributed by atoms with van der Waals surface area (Å²) >= 11 is 5.50. The van der Waals surface area contributed by atoms with E-state index in [0.29, 0.717) is 30.5 Å². The predicted octanol–water partition coefficient (Wildman–Crippen LogP) is 2.59. The Hall–Kier alpha value is -4.89. The zero-order valence-corrected chi connectivity index (χ0v) is 31.5. The summed E-state index contributed by atoms with van der Waals surface area (Å²) in [6.07, 6.45) is 9.65. The number of hydrogen-bond donors (Lipinski definition) is 2. The van der Waals surface area contributed by atoms with Gasteiger partial charge in [-0.15, -0.1) is 11.6 Å². The molecule has 0 spiro atoms. The van der Waals surface area contributed by atoms with E-state index in [1.807, 2.05) is 24.3 Å². The first kappa shape index (κ1) is 40.9. The zero-order chi connectivity index (χ0) is 38.2. The van der Waals surface area contributed by atoms with E-state index in [1.54, 1.807) is 18.2 Å². The van der Waals surface area contributed by atoms with Crippen LogP contribution in [-0.4, -0.2) is 95.5 Å². The molecule has 0 aliphatic carbocycles. The third-order valence-corrected chi connectivity index (χ3v) is 9.52. The average molecular weight is 754 g/mol. The molecule has 53 heavy (non-hydrogen) atoms. The van der Waals surface area contributed by atoms with Gasteiger partial charge < -0.3 is 20.0 Å². The Labute approximate surface area is 313 Å². The second-order valence-corrected chi connectivity index (χ2v) is 13.5. The van der Waals surface area contributed by atoms with Crippen molar-refractivity contribution < 1.29 is 10.2 Å². The Morgan fingerprint density at radius 3 is 1.53 bits per heavy atom. The van der Waals surface area contributed by atoms with Gasteiger partial charge in [0.05, 0.1) is 0 Å². The number of aromatic nitrogens is 6. The van der Waals surface area contributed by atoms with Crippen LogP contribution in [0.15, 0.2) is 80.1 Å². The predicted molar refractivity (Wildman–Crippen MR) is 208 cm³/mol. The first-order chi connectivity index (χ1) is 25.6. The molecule has 0 atom stereocenters. The lowest BCUT2D eigenvalue weighted by Gasteiger charge is -2.36. The smallest absolute Gasteiger partial charge is 0.347 e. The molecular weight excluding hydrogens is 702 g/mol. The Balaban J connectivity index is 0.000000196. The number of piperidine rings is 1. The third kappa shape index (κ3) is 12.6. The second kappa shape index (κ2) is 21.0. The molecule has 0 bridgehead atoms. The van der Waals surface area contributed by atoms with Crippen molar-refractivity contribution in [1.82, 2.24) is 33.6 Å². The maximum Gasteiger partial charge on any atom is 0.347 e. The number of aromatic hydroxyl groups is 2. The molecule has 2 saturated heterocycles. The lowest BCUT2D eigenvalue weighted by atomic mass is 10.1. The summed E-state index contributed by atoms with van der Waals surface area (Å²) in [5.41, 5.74) is 0.702. The van der Waals surface area contributed by atoms with Crippen molar-refractivity contribution in [1.29, 1.82) is 0 Å². The Bertz CT molecular complexity index is 1960. The number of halogens is 1. The highest BCUT2D eigenvalue weighted by atomic mass is 35.5. The van der Waals surface area contributed by atoms with Gasteiger partial charge in [0.1, 0.15) is 23.9 Å². The summed E-state index contributed by atoms with van der Waals surface area (Å²) in [5, 5.41) is 26.6. The molecule has 0 radical (unpaired) electrons. The molecule has 2 aliphatic heterocycles. The monoisotopic (exact) mass is 753 g/mol. The molecule has 4 aromatic rings. The van der Waals surface area contributed by atoms with E-state index in [2.05, 4.69) is 31.0 Å². The highest BCUT2D eigenvalue weighted by Crippen LogP contribution is 2.23. The van der Waals surface area contributed by atoms with Crippen LogP contribution in [0.5, 0.6) is 11.5 Å².